The summed E-state index contributed by atoms with van der Waals surface area (Å²) in [5.41, 5.74) is 28.0. The van der Waals surface area contributed by atoms with E-state index in [0.29, 0.717) is 17.5 Å². The molecular weight excluding hydrogens is 2050 g/mol. The van der Waals surface area contributed by atoms with Gasteiger partial charge in [-0.15, -0.1) is 0 Å². The van der Waals surface area contributed by atoms with E-state index in [1.165, 1.54) is 93.4 Å². The molecule has 0 spiro atoms. The number of rotatable bonds is 48. The molecule has 0 saturated carbocycles. The largest absolute Gasteiger partial charge is 0.387 e. The first-order valence-electron chi connectivity index (χ1n) is 42.6. The van der Waals surface area contributed by atoms with Gasteiger partial charge in [0.25, 0.3) is 5.56 Å². The maximum atomic E-state index is 15.2. The Morgan fingerprint density at radius 1 is 0.417 bits per heavy atom. The van der Waals surface area contributed by atoms with Crippen molar-refractivity contribution in [1.29, 1.82) is 0 Å². The molecule has 6 aliphatic rings. The molecule has 56 nitrogen and oxygen atoms in total. The lowest BCUT2D eigenvalue weighted by Crippen LogP contribution is -2.41. The fourth-order valence-electron chi connectivity index (χ4n) is 15.9. The van der Waals surface area contributed by atoms with E-state index in [4.69, 9.17) is 187 Å². The van der Waals surface area contributed by atoms with Crippen LogP contribution in [0.25, 0.3) is 22.3 Å². The standard InChI is InChI=1S/C73H106N21O35P5S5/c1-10-38-39(19-46(119-38)89-21-34(2)58(74)85-70(89)97)125-130(101,135)114-25-41-40(20-47(120-41)90-24-37(5)65(96)88-73(90)100)126-131(102,136)116-27-44-52(56(112-17-13-108-8)68(123-44)93-32-83-48-61(77)79-30-81-63(48)93)129-134(105,139)117-28-43-51(55(111-16-12-107-7)67(122-43)92-23-36(4)60(76)87-72(92)99)127-133(104,138)118-29-45-53(57(113-18-14-109-9)69(124-45)94-33-84-49-62(78)80-31-82-64(49)94)128-132(103,137)115-26-42-50(95)54(110-15-11-106-6)66(121-42)91-22-35(3)59(75)86-71(91)98/h21-24,30-33,38-47,50-57,66-69,95H,10-20,25-29H2,1-9H3,(H,101,135)(H,102,136)(H,103,137)(H,104,138)(H,105,139)(H2,74,85,97)(H2,75,86,98)(H2,76,87,99)(H2,77,79,81)(H2,78,80,82)(H,88,96,100)/t38-,39?,40?,41-,42-,43-,44-,45-,46-,47-,50?,51?,52?,53?,54+,55+,56+,57+,66-,67-,68-,69-,130?,131?,132?,133?,134?/m1/s1. The van der Waals surface area contributed by atoms with Crippen LogP contribution < -0.4 is 57.0 Å². The van der Waals surface area contributed by atoms with Crippen molar-refractivity contribution < 1.29 is 141 Å². The molecule has 139 heavy (non-hydrogen) atoms. The Labute approximate surface area is 814 Å². The van der Waals surface area contributed by atoms with Crippen LogP contribution in [0.15, 0.2) is 74.1 Å². The predicted molar refractivity (Wildman–Crippen MR) is 501 cm³/mol. The Morgan fingerprint density at radius 3 is 1.19 bits per heavy atom. The van der Waals surface area contributed by atoms with E-state index >= 15 is 4.57 Å². The van der Waals surface area contributed by atoms with Gasteiger partial charge in [-0.3, -0.25) is 59.8 Å². The summed E-state index contributed by atoms with van der Waals surface area (Å²) in [5.74, 6) is -0.295. The average molecular weight is 2150 g/mol. The molecule has 6 aliphatic heterocycles. The molecule has 0 aliphatic carbocycles. The number of nitrogens with two attached hydrogens (primary N) is 5. The maximum Gasteiger partial charge on any atom is 0.386 e. The average Bonchev–Trinajstić information content (AvgIpc) is 1.82. The van der Waals surface area contributed by atoms with E-state index < -0.39 is 230 Å². The Kier molecular flexibility index (Phi) is 36.1. The summed E-state index contributed by atoms with van der Waals surface area (Å²) in [4.78, 5) is 156. The van der Waals surface area contributed by atoms with Crippen LogP contribution in [0.1, 0.15) is 85.8 Å². The maximum absolute atomic E-state index is 15.2. The number of fused-ring (bicyclic) bond motifs is 2. The molecular formula is C73H106N21O35P5S5. The minimum absolute atomic E-state index is 0.00573. The molecule has 14 rings (SSSR count). The van der Waals surface area contributed by atoms with Crippen molar-refractivity contribution in [3.8, 4) is 0 Å². The lowest BCUT2D eigenvalue weighted by atomic mass is 10.1. The van der Waals surface area contributed by atoms with Gasteiger partial charge in [0.15, 0.2) is 47.8 Å². The van der Waals surface area contributed by atoms with Crippen molar-refractivity contribution in [2.45, 2.75) is 189 Å². The highest BCUT2D eigenvalue weighted by Crippen LogP contribution is 2.60. The molecule has 6 saturated heterocycles. The smallest absolute Gasteiger partial charge is 0.386 e. The van der Waals surface area contributed by atoms with Gasteiger partial charge >= 0.3 is 56.4 Å². The predicted octanol–water partition coefficient (Wildman–Crippen LogP) is 0.108. The summed E-state index contributed by atoms with van der Waals surface area (Å²) in [6.45, 7) is -20.9. The third-order valence-electron chi connectivity index (χ3n) is 22.8. The van der Waals surface area contributed by atoms with Crippen LogP contribution in [0.5, 0.6) is 0 Å². The number of imidazole rings is 2. The van der Waals surface area contributed by atoms with Crippen LogP contribution in [0.3, 0.4) is 0 Å². The number of aromatic nitrogens is 16. The molecule has 14 heterocycles. The highest BCUT2D eigenvalue weighted by atomic mass is 32.7. The number of aromatic amines is 1. The zero-order valence-corrected chi connectivity index (χ0v) is 84.2. The molecule has 0 bridgehead atoms. The van der Waals surface area contributed by atoms with Crippen molar-refractivity contribution >= 4 is 145 Å². The summed E-state index contributed by atoms with van der Waals surface area (Å²) in [6, 6.07) is 0. The first-order valence-corrected chi connectivity index (χ1v) is 55.6. The van der Waals surface area contributed by atoms with Crippen LogP contribution in [-0.4, -0.2) is 314 Å². The van der Waals surface area contributed by atoms with Gasteiger partial charge < -0.3 is 142 Å². The second-order valence-corrected chi connectivity index (χ2v) is 46.2. The molecule has 0 aromatic carbocycles. The van der Waals surface area contributed by atoms with Gasteiger partial charge in [-0.1, -0.05) is 19.2 Å². The van der Waals surface area contributed by atoms with E-state index in [-0.39, 0.29) is 128 Å². The summed E-state index contributed by atoms with van der Waals surface area (Å²) in [5, 5.41) is 11.8. The SMILES string of the molecule is CC[C@H]1O[C@@H](n2cc(C)c(N)nc2=O)CC1OP(O)(=S)OC[C@H]1O[C@@H](n2cc(C)c(=O)[nH]c2=O)CC1OP(=O)(S)OC[C@H]1O[C@@H](n2cnc3c(N)ncnc32)[C@@H](OCCOC)C1OP(O)(=S)OC[C@H]1O[C@@H](n2cc(C)c(N)nc2=O)[C@@H](OCCOC)C1OP(O)(=S)OC[C@H]1O[C@@H](n2cnc3c(N)ncnc32)[C@@H](OCCOC)C1OP(O)(=S)OC[C@H]1O[C@@H](n2cc(C)c(N)nc2=O)[C@@H](OCCOC)C1O. The summed E-state index contributed by atoms with van der Waals surface area (Å²) in [7, 11) is 5.58. The first kappa shape index (κ1) is 108. The number of aliphatic hydroxyl groups is 1. The van der Waals surface area contributed by atoms with Gasteiger partial charge in [0.2, 0.25) is 0 Å². The van der Waals surface area contributed by atoms with Crippen molar-refractivity contribution in [3.05, 3.63) is 125 Å². The molecule has 768 valence electrons. The molecule has 16 N–H and O–H groups in total. The van der Waals surface area contributed by atoms with E-state index in [2.05, 4.69) is 62.1 Å². The number of H-pyrrole nitrogens is 1. The lowest BCUT2D eigenvalue weighted by molar-refractivity contribution is -0.0829. The number of anilines is 5. The van der Waals surface area contributed by atoms with Crippen LogP contribution in [0, 0.1) is 27.7 Å². The number of methoxy groups -OCH3 is 4. The lowest BCUT2D eigenvalue weighted by Gasteiger charge is -2.31. The van der Waals surface area contributed by atoms with Crippen molar-refractivity contribution in [2.75, 3.05) is 143 Å². The van der Waals surface area contributed by atoms with Gasteiger partial charge in [-0.25, -0.2) is 53.6 Å². The molecule has 0 amide bonds. The molecule has 66 heteroatoms. The highest BCUT2D eigenvalue weighted by Gasteiger charge is 2.57. The molecule has 0 radical (unpaired) electrons. The molecule has 11 unspecified atom stereocenters. The normalized spacial score (nSPS) is 29.4. The number of nitrogens with one attached hydrogen (secondary N) is 1. The number of hydrogen-bond acceptors (Lipinski definition) is 49. The number of ether oxygens (including phenoxy) is 14. The van der Waals surface area contributed by atoms with Gasteiger partial charge in [-0.2, -0.15) is 15.0 Å². The quantitative estimate of drug-likeness (QED) is 0.0137. The Balaban J connectivity index is 0.741. The van der Waals surface area contributed by atoms with Crippen LogP contribution in [-0.2, 0) is 163 Å². The number of nitrogens with zero attached hydrogens (tertiary/aromatic N) is 15. The molecule has 8 aromatic heterocycles. The van der Waals surface area contributed by atoms with Crippen LogP contribution >= 0.6 is 45.9 Å². The number of aryl methyl sites for hydroxylation is 4. The minimum Gasteiger partial charge on any atom is -0.387 e. The van der Waals surface area contributed by atoms with Gasteiger partial charge in [-0.05, 0) is 81.3 Å². The Hall–Kier alpha value is -6.56. The fourth-order valence-corrected chi connectivity index (χ4v) is 23.3. The Morgan fingerprint density at radius 2 is 0.763 bits per heavy atom. The molecule has 27 atom stereocenters. The van der Waals surface area contributed by atoms with E-state index in [0.717, 1.165) is 26.4 Å². The van der Waals surface area contributed by atoms with E-state index in [1.807, 2.05) is 0 Å². The fraction of sp³-hybridized carbons (Fsp3) is 0.644. The van der Waals surface area contributed by atoms with Crippen molar-refractivity contribution in [2.24, 2.45) is 0 Å². The number of thiol groups is 1. The van der Waals surface area contributed by atoms with Crippen molar-refractivity contribution in [3.63, 3.8) is 0 Å². The number of aliphatic hydroxyl groups excluding tert-OH is 1. The third kappa shape index (κ3) is 25.8. The molecule has 8 aromatic rings. The Bertz CT molecular complexity index is 6240. The third-order valence-corrected chi connectivity index (χ3v) is 30.7. The second-order valence-electron chi connectivity index (χ2n) is 32.2. The first-order chi connectivity index (χ1) is 66.0. The summed E-state index contributed by atoms with van der Waals surface area (Å²) in [6.07, 6.45) is -21.2. The zero-order valence-electron chi connectivity index (χ0n) is 75.5. The number of nitrogen functional groups attached to an aromatic ring is 5. The van der Waals surface area contributed by atoms with Crippen LogP contribution in [0.4, 0.5) is 29.1 Å². The second kappa shape index (κ2) is 46.4. The van der Waals surface area contributed by atoms with Crippen molar-refractivity contribution in [1.82, 2.24) is 77.2 Å². The van der Waals surface area contributed by atoms with Crippen LogP contribution in [0.2, 0.25) is 0 Å². The topological polar surface area (TPSA) is 717 Å². The summed E-state index contributed by atoms with van der Waals surface area (Å²) < 4.78 is 170. The van der Waals surface area contributed by atoms with Gasteiger partial charge in [0.1, 0.15) is 139 Å². The van der Waals surface area contributed by atoms with Gasteiger partial charge in [0, 0.05) is 88.3 Å². The summed E-state index contributed by atoms with van der Waals surface area (Å²) >= 11 is 27.5. The van der Waals surface area contributed by atoms with E-state index in [9.17, 15) is 48.7 Å². The molecule has 6 fully saturated rings. The zero-order chi connectivity index (χ0) is 100. The highest BCUT2D eigenvalue weighted by molar-refractivity contribution is 8.44. The monoisotopic (exact) mass is 2150 g/mol. The number of hydrogen-bond donors (Lipinski definition) is 12. The minimum atomic E-state index is -4.97. The van der Waals surface area contributed by atoms with Gasteiger partial charge in [0.05, 0.1) is 111 Å². The van der Waals surface area contributed by atoms with E-state index in [1.54, 1.807) is 20.8 Å².